The van der Waals surface area contributed by atoms with Crippen molar-refractivity contribution in [2.24, 2.45) is 11.7 Å². The first kappa shape index (κ1) is 14.9. The smallest absolute Gasteiger partial charge is 0.0190 e. The molecule has 0 fully saturated rings. The molecule has 0 saturated heterocycles. The molecule has 92 valence electrons. The Morgan fingerprint density at radius 3 is 2.20 bits per heavy atom. The molecule has 0 heterocycles. The highest BCUT2D eigenvalue weighted by Crippen LogP contribution is 2.07. The van der Waals surface area contributed by atoms with Crippen LogP contribution in [-0.2, 0) is 0 Å². The summed E-state index contributed by atoms with van der Waals surface area (Å²) in [6.45, 7) is 8.70. The summed E-state index contributed by atoms with van der Waals surface area (Å²) in [7, 11) is 0. The molecular weight excluding hydrogens is 184 g/mol. The van der Waals surface area contributed by atoms with Gasteiger partial charge in [0.25, 0.3) is 0 Å². The Hall–Kier alpha value is -0.0800. The highest BCUT2D eigenvalue weighted by molar-refractivity contribution is 4.70. The first-order valence-corrected chi connectivity index (χ1v) is 6.71. The first-order valence-electron chi connectivity index (χ1n) is 6.71. The van der Waals surface area contributed by atoms with Crippen molar-refractivity contribution in [3.8, 4) is 0 Å². The molecule has 0 rings (SSSR count). The van der Waals surface area contributed by atoms with E-state index in [0.29, 0.717) is 6.04 Å². The number of nitrogens with two attached hydrogens (primary N) is 1. The van der Waals surface area contributed by atoms with Gasteiger partial charge in [-0.15, -0.1) is 0 Å². The normalized spacial score (nSPS) is 13.4. The molecule has 0 bridgehead atoms. The lowest BCUT2D eigenvalue weighted by atomic mass is 10.0. The van der Waals surface area contributed by atoms with E-state index in [-0.39, 0.29) is 0 Å². The lowest BCUT2D eigenvalue weighted by Gasteiger charge is -2.20. The zero-order valence-corrected chi connectivity index (χ0v) is 10.9. The standard InChI is InChI=1S/C13H30N2/c1-4-7-8-9-13(10-14)15-11-12(5-2)6-3/h12-13,15H,4-11,14H2,1-3H3. The molecule has 15 heavy (non-hydrogen) atoms. The first-order chi connectivity index (χ1) is 7.28. The van der Waals surface area contributed by atoms with Crippen LogP contribution in [0.5, 0.6) is 0 Å². The van der Waals surface area contributed by atoms with Crippen LogP contribution < -0.4 is 11.1 Å². The lowest BCUT2D eigenvalue weighted by Crippen LogP contribution is -2.38. The predicted molar refractivity (Wildman–Crippen MR) is 69.1 cm³/mol. The average Bonchev–Trinajstić information content (AvgIpc) is 2.28. The summed E-state index contributed by atoms with van der Waals surface area (Å²) in [6.07, 6.45) is 7.73. The summed E-state index contributed by atoms with van der Waals surface area (Å²) < 4.78 is 0. The van der Waals surface area contributed by atoms with Gasteiger partial charge in [0.2, 0.25) is 0 Å². The molecule has 0 radical (unpaired) electrons. The third-order valence-corrected chi connectivity index (χ3v) is 3.29. The highest BCUT2D eigenvalue weighted by Gasteiger charge is 2.08. The van der Waals surface area contributed by atoms with E-state index in [0.717, 1.165) is 19.0 Å². The van der Waals surface area contributed by atoms with Crippen molar-refractivity contribution in [2.45, 2.75) is 65.3 Å². The van der Waals surface area contributed by atoms with Crippen molar-refractivity contribution in [2.75, 3.05) is 13.1 Å². The Labute approximate surface area is 96.0 Å². The van der Waals surface area contributed by atoms with Gasteiger partial charge >= 0.3 is 0 Å². The van der Waals surface area contributed by atoms with Crippen LogP contribution in [0.15, 0.2) is 0 Å². The fourth-order valence-corrected chi connectivity index (χ4v) is 1.85. The third-order valence-electron chi connectivity index (χ3n) is 3.29. The van der Waals surface area contributed by atoms with Crippen LogP contribution in [0.25, 0.3) is 0 Å². The fourth-order valence-electron chi connectivity index (χ4n) is 1.85. The summed E-state index contributed by atoms with van der Waals surface area (Å²) in [5, 5.41) is 3.61. The second-order valence-corrected chi connectivity index (χ2v) is 4.52. The molecular formula is C13H30N2. The Kier molecular flexibility index (Phi) is 10.4. The van der Waals surface area contributed by atoms with Gasteiger partial charge in [-0.3, -0.25) is 0 Å². The van der Waals surface area contributed by atoms with Crippen molar-refractivity contribution >= 4 is 0 Å². The average molecular weight is 214 g/mol. The maximum absolute atomic E-state index is 5.76. The van der Waals surface area contributed by atoms with Crippen molar-refractivity contribution in [1.82, 2.24) is 5.32 Å². The van der Waals surface area contributed by atoms with E-state index < -0.39 is 0 Å². The van der Waals surface area contributed by atoms with E-state index in [9.17, 15) is 0 Å². The van der Waals surface area contributed by atoms with Gasteiger partial charge in [-0.05, 0) is 18.9 Å². The molecule has 3 N–H and O–H groups in total. The maximum Gasteiger partial charge on any atom is 0.0190 e. The Morgan fingerprint density at radius 1 is 1.07 bits per heavy atom. The van der Waals surface area contributed by atoms with E-state index in [1.54, 1.807) is 0 Å². The van der Waals surface area contributed by atoms with Crippen molar-refractivity contribution in [1.29, 1.82) is 0 Å². The molecule has 0 aliphatic heterocycles. The Balaban J connectivity index is 3.59. The van der Waals surface area contributed by atoms with Gasteiger partial charge in [0.1, 0.15) is 0 Å². The number of hydrogen-bond acceptors (Lipinski definition) is 2. The topological polar surface area (TPSA) is 38.0 Å². The molecule has 0 aromatic carbocycles. The van der Waals surface area contributed by atoms with Gasteiger partial charge in [0, 0.05) is 12.6 Å². The number of hydrogen-bond donors (Lipinski definition) is 2. The third kappa shape index (κ3) is 7.80. The molecule has 0 aromatic rings. The molecule has 0 aliphatic carbocycles. The van der Waals surface area contributed by atoms with Crippen LogP contribution >= 0.6 is 0 Å². The molecule has 2 heteroatoms. The molecule has 0 saturated carbocycles. The van der Waals surface area contributed by atoms with E-state index >= 15 is 0 Å². The second-order valence-electron chi connectivity index (χ2n) is 4.52. The second kappa shape index (κ2) is 10.4. The predicted octanol–water partition coefficient (Wildman–Crippen LogP) is 2.92. The molecule has 0 amide bonds. The molecule has 0 aliphatic rings. The fraction of sp³-hybridized carbons (Fsp3) is 1.00. The summed E-state index contributed by atoms with van der Waals surface area (Å²) in [5.74, 6) is 0.824. The molecule has 1 atom stereocenters. The van der Waals surface area contributed by atoms with Gasteiger partial charge in [0.05, 0.1) is 0 Å². The van der Waals surface area contributed by atoms with E-state index in [1.165, 1.54) is 38.5 Å². The number of unbranched alkanes of at least 4 members (excludes halogenated alkanes) is 2. The largest absolute Gasteiger partial charge is 0.329 e. The zero-order valence-electron chi connectivity index (χ0n) is 10.9. The summed E-state index contributed by atoms with van der Waals surface area (Å²) in [4.78, 5) is 0. The van der Waals surface area contributed by atoms with Crippen molar-refractivity contribution in [3.05, 3.63) is 0 Å². The number of rotatable bonds is 10. The monoisotopic (exact) mass is 214 g/mol. The minimum atomic E-state index is 0.539. The lowest BCUT2D eigenvalue weighted by molar-refractivity contribution is 0.390. The van der Waals surface area contributed by atoms with Crippen LogP contribution in [0.4, 0.5) is 0 Å². The minimum absolute atomic E-state index is 0.539. The van der Waals surface area contributed by atoms with Crippen LogP contribution in [-0.4, -0.2) is 19.1 Å². The Bertz CT molecular complexity index is 122. The van der Waals surface area contributed by atoms with Crippen molar-refractivity contribution in [3.63, 3.8) is 0 Å². The van der Waals surface area contributed by atoms with Gasteiger partial charge in [-0.1, -0.05) is 52.9 Å². The van der Waals surface area contributed by atoms with Crippen molar-refractivity contribution < 1.29 is 0 Å². The van der Waals surface area contributed by atoms with E-state index in [4.69, 9.17) is 5.73 Å². The van der Waals surface area contributed by atoms with Crippen LogP contribution in [0.1, 0.15) is 59.3 Å². The van der Waals surface area contributed by atoms with Gasteiger partial charge in [0.15, 0.2) is 0 Å². The zero-order chi connectivity index (χ0) is 11.5. The molecule has 1 unspecified atom stereocenters. The molecule has 2 nitrogen and oxygen atoms in total. The van der Waals surface area contributed by atoms with E-state index in [2.05, 4.69) is 26.1 Å². The number of nitrogens with one attached hydrogen (secondary N) is 1. The minimum Gasteiger partial charge on any atom is -0.329 e. The van der Waals surface area contributed by atoms with E-state index in [1.807, 2.05) is 0 Å². The van der Waals surface area contributed by atoms with Gasteiger partial charge in [-0.2, -0.15) is 0 Å². The Morgan fingerprint density at radius 2 is 1.73 bits per heavy atom. The maximum atomic E-state index is 5.76. The van der Waals surface area contributed by atoms with Crippen LogP contribution in [0, 0.1) is 5.92 Å². The summed E-state index contributed by atoms with van der Waals surface area (Å²) in [5.41, 5.74) is 5.76. The highest BCUT2D eigenvalue weighted by atomic mass is 14.9. The van der Waals surface area contributed by atoms with Crippen LogP contribution in [0.2, 0.25) is 0 Å². The summed E-state index contributed by atoms with van der Waals surface area (Å²) in [6, 6.07) is 0.539. The van der Waals surface area contributed by atoms with Gasteiger partial charge in [-0.25, -0.2) is 0 Å². The summed E-state index contributed by atoms with van der Waals surface area (Å²) >= 11 is 0. The molecule has 0 spiro atoms. The molecule has 0 aromatic heterocycles. The van der Waals surface area contributed by atoms with Crippen LogP contribution in [0.3, 0.4) is 0 Å². The SMILES string of the molecule is CCCCCC(CN)NCC(CC)CC. The quantitative estimate of drug-likeness (QED) is 0.549. The van der Waals surface area contributed by atoms with Gasteiger partial charge < -0.3 is 11.1 Å².